The summed E-state index contributed by atoms with van der Waals surface area (Å²) in [5.41, 5.74) is 1.98. The number of piperazine rings is 1. The van der Waals surface area contributed by atoms with Crippen molar-refractivity contribution in [2.75, 3.05) is 32.4 Å². The van der Waals surface area contributed by atoms with E-state index in [-0.39, 0.29) is 12.3 Å². The molecule has 0 unspecified atom stereocenters. The number of carbonyl (C=O) groups is 1. The quantitative estimate of drug-likeness (QED) is 0.725. The van der Waals surface area contributed by atoms with Crippen LogP contribution in [0.2, 0.25) is 5.02 Å². The first-order valence-corrected chi connectivity index (χ1v) is 11.8. The van der Waals surface area contributed by atoms with Crippen molar-refractivity contribution in [2.45, 2.75) is 19.0 Å². The molecule has 0 aromatic heterocycles. The van der Waals surface area contributed by atoms with E-state index in [0.29, 0.717) is 18.1 Å². The Morgan fingerprint density at radius 3 is 2.24 bits per heavy atom. The molecule has 1 atom stereocenters. The summed E-state index contributed by atoms with van der Waals surface area (Å²) in [6.07, 6.45) is 1.18. The molecule has 0 aliphatic carbocycles. The molecular weight excluding hydrogens is 410 g/mol. The summed E-state index contributed by atoms with van der Waals surface area (Å²) in [5.74, 6) is -0.0551. The molecule has 0 saturated carbocycles. The number of sulfonamides is 1. The maximum absolute atomic E-state index is 12.8. The second-order valence-corrected chi connectivity index (χ2v) is 9.56. The lowest BCUT2D eigenvalue weighted by Crippen LogP contribution is -2.49. The van der Waals surface area contributed by atoms with Crippen LogP contribution in [-0.4, -0.2) is 56.6 Å². The predicted octanol–water partition coefficient (Wildman–Crippen LogP) is 2.66. The summed E-state index contributed by atoms with van der Waals surface area (Å²) >= 11 is 5.93. The van der Waals surface area contributed by atoms with Crippen LogP contribution in [0.15, 0.2) is 54.6 Å². The van der Waals surface area contributed by atoms with E-state index in [0.717, 1.165) is 31.5 Å². The fourth-order valence-electron chi connectivity index (χ4n) is 3.48. The van der Waals surface area contributed by atoms with Crippen molar-refractivity contribution in [2.24, 2.45) is 0 Å². The molecule has 6 nitrogen and oxygen atoms in total. The van der Waals surface area contributed by atoms with Gasteiger partial charge < -0.3 is 4.90 Å². The van der Waals surface area contributed by atoms with Gasteiger partial charge in [-0.3, -0.25) is 9.69 Å². The average Bonchev–Trinajstić information content (AvgIpc) is 2.68. The number of benzene rings is 2. The van der Waals surface area contributed by atoms with Crippen molar-refractivity contribution in [1.29, 1.82) is 0 Å². The Balaban J connectivity index is 1.59. The van der Waals surface area contributed by atoms with Crippen LogP contribution in [0.1, 0.15) is 23.6 Å². The topological polar surface area (TPSA) is 69.7 Å². The Bertz CT molecular complexity index is 912. The van der Waals surface area contributed by atoms with Gasteiger partial charge in [-0.05, 0) is 23.3 Å². The Morgan fingerprint density at radius 1 is 1.03 bits per heavy atom. The van der Waals surface area contributed by atoms with E-state index in [1.54, 1.807) is 24.3 Å². The lowest BCUT2D eigenvalue weighted by molar-refractivity contribution is -0.133. The molecular formula is C21H26ClN3O3S. The lowest BCUT2D eigenvalue weighted by Gasteiger charge is -2.35. The highest BCUT2D eigenvalue weighted by molar-refractivity contribution is 7.88. The minimum absolute atomic E-state index is 0.0551. The zero-order chi connectivity index (χ0) is 20.9. The predicted molar refractivity (Wildman–Crippen MR) is 115 cm³/mol. The van der Waals surface area contributed by atoms with Crippen LogP contribution in [0.3, 0.4) is 0 Å². The van der Waals surface area contributed by atoms with Crippen molar-refractivity contribution in [3.8, 4) is 0 Å². The van der Waals surface area contributed by atoms with Crippen molar-refractivity contribution in [3.63, 3.8) is 0 Å². The number of nitrogens with one attached hydrogen (secondary N) is 1. The van der Waals surface area contributed by atoms with E-state index < -0.39 is 16.1 Å². The largest absolute Gasteiger partial charge is 0.340 e. The third-order valence-electron chi connectivity index (χ3n) is 4.98. The van der Waals surface area contributed by atoms with Crippen LogP contribution in [0, 0.1) is 0 Å². The summed E-state index contributed by atoms with van der Waals surface area (Å²) in [5, 5.41) is 0.563. The molecule has 0 bridgehead atoms. The molecule has 1 amide bonds. The summed E-state index contributed by atoms with van der Waals surface area (Å²) in [6, 6.07) is 16.5. The molecule has 0 spiro atoms. The van der Waals surface area contributed by atoms with Gasteiger partial charge in [0.15, 0.2) is 0 Å². The third-order valence-corrected chi connectivity index (χ3v) is 5.95. The van der Waals surface area contributed by atoms with Crippen LogP contribution in [0.25, 0.3) is 0 Å². The van der Waals surface area contributed by atoms with Crippen molar-refractivity contribution < 1.29 is 13.2 Å². The van der Waals surface area contributed by atoms with E-state index in [1.807, 2.05) is 23.1 Å². The van der Waals surface area contributed by atoms with Gasteiger partial charge >= 0.3 is 0 Å². The molecule has 2 aromatic carbocycles. The highest BCUT2D eigenvalue weighted by Gasteiger charge is 2.26. The van der Waals surface area contributed by atoms with Gasteiger partial charge in [-0.15, -0.1) is 0 Å². The third kappa shape index (κ3) is 6.82. The van der Waals surface area contributed by atoms with Crippen LogP contribution in [0.4, 0.5) is 0 Å². The Morgan fingerprint density at radius 2 is 1.66 bits per heavy atom. The highest BCUT2D eigenvalue weighted by Crippen LogP contribution is 2.22. The SMILES string of the molecule is CS(=O)(=O)N[C@@H](CC(=O)N1CCN(Cc2ccccc2)CC1)c1ccc(Cl)cc1. The molecule has 1 heterocycles. The molecule has 156 valence electrons. The number of hydrogen-bond acceptors (Lipinski definition) is 4. The van der Waals surface area contributed by atoms with Crippen LogP contribution in [-0.2, 0) is 21.4 Å². The molecule has 1 aliphatic heterocycles. The summed E-state index contributed by atoms with van der Waals surface area (Å²) in [4.78, 5) is 17.0. The first-order valence-electron chi connectivity index (χ1n) is 9.57. The first kappa shape index (κ1) is 21.8. The molecule has 1 saturated heterocycles. The minimum atomic E-state index is -3.46. The summed E-state index contributed by atoms with van der Waals surface area (Å²) < 4.78 is 26.1. The van der Waals surface area contributed by atoms with Gasteiger partial charge in [0.25, 0.3) is 0 Å². The molecule has 1 aliphatic rings. The lowest BCUT2D eigenvalue weighted by atomic mass is 10.0. The maximum Gasteiger partial charge on any atom is 0.224 e. The number of amides is 1. The van der Waals surface area contributed by atoms with Crippen LogP contribution >= 0.6 is 11.6 Å². The summed E-state index contributed by atoms with van der Waals surface area (Å²) in [6.45, 7) is 3.74. The number of carbonyl (C=O) groups excluding carboxylic acids is 1. The van der Waals surface area contributed by atoms with Gasteiger partial charge in [-0.1, -0.05) is 54.1 Å². The molecule has 1 N–H and O–H groups in total. The summed E-state index contributed by atoms with van der Waals surface area (Å²) in [7, 11) is -3.46. The van der Waals surface area contributed by atoms with E-state index in [4.69, 9.17) is 11.6 Å². The Hall–Kier alpha value is -1.93. The van der Waals surface area contributed by atoms with Gasteiger partial charge in [0.05, 0.1) is 12.3 Å². The fourth-order valence-corrected chi connectivity index (χ4v) is 4.34. The maximum atomic E-state index is 12.8. The fraction of sp³-hybridized carbons (Fsp3) is 0.381. The van der Waals surface area contributed by atoms with Gasteiger partial charge in [0.2, 0.25) is 15.9 Å². The minimum Gasteiger partial charge on any atom is -0.340 e. The molecule has 0 radical (unpaired) electrons. The van der Waals surface area contributed by atoms with Gasteiger partial charge in [-0.2, -0.15) is 0 Å². The monoisotopic (exact) mass is 435 g/mol. The molecule has 3 rings (SSSR count). The average molecular weight is 436 g/mol. The normalized spacial score (nSPS) is 16.6. The van der Waals surface area contributed by atoms with Crippen LogP contribution in [0.5, 0.6) is 0 Å². The second kappa shape index (κ2) is 9.71. The van der Waals surface area contributed by atoms with Crippen molar-refractivity contribution in [1.82, 2.24) is 14.5 Å². The number of hydrogen-bond donors (Lipinski definition) is 1. The van der Waals surface area contributed by atoms with Gasteiger partial charge in [0, 0.05) is 44.2 Å². The first-order chi connectivity index (χ1) is 13.8. The molecule has 2 aromatic rings. The standard InChI is InChI=1S/C21H26ClN3O3S/c1-29(27,28)23-20(18-7-9-19(22)10-8-18)15-21(26)25-13-11-24(12-14-25)16-17-5-3-2-4-6-17/h2-10,20,23H,11-16H2,1H3/t20-/m0/s1. The Labute approximate surface area is 177 Å². The number of halogens is 1. The second-order valence-electron chi connectivity index (χ2n) is 7.34. The Kier molecular flexibility index (Phi) is 7.29. The number of rotatable bonds is 7. The van der Waals surface area contributed by atoms with E-state index in [2.05, 4.69) is 21.8 Å². The van der Waals surface area contributed by atoms with Gasteiger partial charge in [-0.25, -0.2) is 13.1 Å². The van der Waals surface area contributed by atoms with E-state index in [9.17, 15) is 13.2 Å². The molecule has 29 heavy (non-hydrogen) atoms. The van der Waals surface area contributed by atoms with Gasteiger partial charge in [0.1, 0.15) is 0 Å². The van der Waals surface area contributed by atoms with E-state index >= 15 is 0 Å². The van der Waals surface area contributed by atoms with Crippen LogP contribution < -0.4 is 4.72 Å². The molecule has 1 fully saturated rings. The smallest absolute Gasteiger partial charge is 0.224 e. The highest BCUT2D eigenvalue weighted by atomic mass is 35.5. The molecule has 8 heteroatoms. The van der Waals surface area contributed by atoms with Crippen molar-refractivity contribution >= 4 is 27.5 Å². The van der Waals surface area contributed by atoms with Crippen molar-refractivity contribution in [3.05, 3.63) is 70.7 Å². The number of nitrogens with zero attached hydrogens (tertiary/aromatic N) is 2. The zero-order valence-electron chi connectivity index (χ0n) is 16.4. The zero-order valence-corrected chi connectivity index (χ0v) is 18.0. The van der Waals surface area contributed by atoms with E-state index in [1.165, 1.54) is 5.56 Å².